The zero-order valence-corrected chi connectivity index (χ0v) is 20.3. The van der Waals surface area contributed by atoms with E-state index in [-0.39, 0.29) is 54.2 Å². The highest BCUT2D eigenvalue weighted by Gasteiger charge is 2.35. The minimum absolute atomic E-state index is 0.00338. The Morgan fingerprint density at radius 1 is 1.03 bits per heavy atom. The van der Waals surface area contributed by atoms with Crippen LogP contribution in [0.15, 0.2) is 34.9 Å². The summed E-state index contributed by atoms with van der Waals surface area (Å²) in [4.78, 5) is 38.4. The van der Waals surface area contributed by atoms with Crippen molar-refractivity contribution in [2.45, 2.75) is 56.9 Å². The molecule has 5 rings (SSSR count). The van der Waals surface area contributed by atoms with Crippen LogP contribution in [0.1, 0.15) is 87.8 Å². The second-order valence-corrected chi connectivity index (χ2v) is 12.1. The first-order valence-electron chi connectivity index (χ1n) is 12.2. The first kappa shape index (κ1) is 23.7. The van der Waals surface area contributed by atoms with Gasteiger partial charge in [-0.05, 0) is 63.0 Å². The molecule has 2 saturated carbocycles. The Morgan fingerprint density at radius 3 is 2.31 bits per heavy atom. The number of benzene rings is 1. The van der Waals surface area contributed by atoms with Gasteiger partial charge < -0.3 is 9.84 Å². The van der Waals surface area contributed by atoms with Gasteiger partial charge >= 0.3 is 0 Å². The Hall–Kier alpha value is -3.01. The summed E-state index contributed by atoms with van der Waals surface area (Å²) < 4.78 is 30.6. The lowest BCUT2D eigenvalue weighted by molar-refractivity contribution is 0.0654. The summed E-state index contributed by atoms with van der Waals surface area (Å²) in [6.07, 6.45) is 5.24. The molecule has 2 heterocycles. The second kappa shape index (κ2) is 9.56. The molecule has 1 aromatic heterocycles. The molecule has 0 radical (unpaired) electrons. The molecule has 0 spiro atoms. The third kappa shape index (κ3) is 5.32. The van der Waals surface area contributed by atoms with Crippen molar-refractivity contribution in [3.05, 3.63) is 52.9 Å². The largest absolute Gasteiger partial charge is 0.360 e. The minimum Gasteiger partial charge on any atom is -0.360 e. The molecule has 1 N–H and O–H groups in total. The van der Waals surface area contributed by atoms with Crippen molar-refractivity contribution in [3.63, 3.8) is 0 Å². The molecule has 2 fully saturated rings. The predicted molar refractivity (Wildman–Crippen MR) is 127 cm³/mol. The quantitative estimate of drug-likeness (QED) is 0.526. The van der Waals surface area contributed by atoms with Gasteiger partial charge in [0.25, 0.3) is 17.7 Å². The number of imide groups is 1. The monoisotopic (exact) mass is 499 g/mol. The molecular weight excluding hydrogens is 470 g/mol. The molecule has 10 heteroatoms. The predicted octanol–water partition coefficient (Wildman–Crippen LogP) is 2.94. The molecule has 35 heavy (non-hydrogen) atoms. The number of rotatable bonds is 9. The van der Waals surface area contributed by atoms with Gasteiger partial charge in [0.15, 0.2) is 15.5 Å². The highest BCUT2D eigenvalue weighted by atomic mass is 32.2. The van der Waals surface area contributed by atoms with E-state index in [4.69, 9.17) is 4.52 Å². The molecule has 186 valence electrons. The fraction of sp³-hybridized carbons (Fsp3) is 0.520. The van der Waals surface area contributed by atoms with Crippen LogP contribution in [0.4, 0.5) is 0 Å². The maximum atomic E-state index is 12.7. The van der Waals surface area contributed by atoms with E-state index in [1.54, 1.807) is 30.3 Å². The summed E-state index contributed by atoms with van der Waals surface area (Å²) in [6, 6.07) is 8.35. The van der Waals surface area contributed by atoms with E-state index in [2.05, 4.69) is 10.5 Å². The summed E-state index contributed by atoms with van der Waals surface area (Å²) in [6.45, 7) is 0.0921. The van der Waals surface area contributed by atoms with Crippen LogP contribution in [0, 0.1) is 5.92 Å². The van der Waals surface area contributed by atoms with Crippen molar-refractivity contribution in [2.75, 3.05) is 18.1 Å². The molecule has 2 aliphatic carbocycles. The zero-order valence-electron chi connectivity index (χ0n) is 19.4. The van der Waals surface area contributed by atoms with Crippen LogP contribution in [0.2, 0.25) is 0 Å². The Balaban J connectivity index is 1.04. The van der Waals surface area contributed by atoms with Gasteiger partial charge in [0.2, 0.25) is 0 Å². The van der Waals surface area contributed by atoms with E-state index in [0.29, 0.717) is 48.4 Å². The molecule has 1 aliphatic heterocycles. The van der Waals surface area contributed by atoms with Gasteiger partial charge in [-0.1, -0.05) is 17.3 Å². The summed E-state index contributed by atoms with van der Waals surface area (Å²) in [7, 11) is -3.32. The Kier molecular flexibility index (Phi) is 6.48. The molecule has 9 nitrogen and oxygen atoms in total. The SMILES string of the molecule is O=C(NC1CCC(CS(=O)(=O)CCCN2C(=O)c3ccccc3C2=O)CC1)c1cc(C2CC2)on1. The molecule has 2 aromatic rings. The summed E-state index contributed by atoms with van der Waals surface area (Å²) >= 11 is 0. The van der Waals surface area contributed by atoms with Gasteiger partial charge in [-0.3, -0.25) is 19.3 Å². The van der Waals surface area contributed by atoms with Crippen molar-refractivity contribution >= 4 is 27.6 Å². The molecular formula is C25H29N3O6S. The first-order chi connectivity index (χ1) is 16.8. The molecule has 0 unspecified atom stereocenters. The van der Waals surface area contributed by atoms with E-state index in [9.17, 15) is 22.8 Å². The Labute approximate surface area is 204 Å². The summed E-state index contributed by atoms with van der Waals surface area (Å²) in [5, 5.41) is 6.86. The lowest BCUT2D eigenvalue weighted by Gasteiger charge is -2.28. The normalized spacial score (nSPS) is 22.3. The number of carbonyl (C=O) groups is 3. The standard InChI is InChI=1S/C25H29N3O6S/c29-23(21-14-22(34-27-21)17-8-9-17)26-18-10-6-16(7-11-18)15-35(32,33)13-3-12-28-24(30)19-4-1-2-5-20(19)25(28)31/h1-2,4-5,14,16-18H,3,6-13,15H2,(H,26,29). The number of nitrogens with one attached hydrogen (secondary N) is 1. The van der Waals surface area contributed by atoms with Crippen LogP contribution in [0.3, 0.4) is 0 Å². The average Bonchev–Trinajstić information content (AvgIpc) is 3.52. The fourth-order valence-electron chi connectivity index (χ4n) is 5.02. The Bertz CT molecular complexity index is 1210. The average molecular weight is 500 g/mol. The van der Waals surface area contributed by atoms with Crippen molar-refractivity contribution < 1.29 is 27.3 Å². The van der Waals surface area contributed by atoms with Crippen LogP contribution in [-0.2, 0) is 9.84 Å². The number of nitrogens with zero attached hydrogens (tertiary/aromatic N) is 2. The van der Waals surface area contributed by atoms with E-state index in [1.165, 1.54) is 0 Å². The third-order valence-electron chi connectivity index (χ3n) is 7.13. The molecule has 3 amide bonds. The number of hydrogen-bond donors (Lipinski definition) is 1. The zero-order chi connectivity index (χ0) is 24.6. The molecule has 0 bridgehead atoms. The van der Waals surface area contributed by atoms with Crippen molar-refractivity contribution in [3.8, 4) is 0 Å². The van der Waals surface area contributed by atoms with Gasteiger partial charge in [0, 0.05) is 24.6 Å². The van der Waals surface area contributed by atoms with E-state index >= 15 is 0 Å². The fourth-order valence-corrected chi connectivity index (χ4v) is 6.80. The highest BCUT2D eigenvalue weighted by molar-refractivity contribution is 7.91. The van der Waals surface area contributed by atoms with Crippen LogP contribution < -0.4 is 5.32 Å². The van der Waals surface area contributed by atoms with Gasteiger partial charge in [0.1, 0.15) is 5.76 Å². The number of sulfone groups is 1. The van der Waals surface area contributed by atoms with Crippen LogP contribution in [0.25, 0.3) is 0 Å². The lowest BCUT2D eigenvalue weighted by atomic mass is 9.87. The molecule has 1 aromatic carbocycles. The molecule has 0 atom stereocenters. The maximum absolute atomic E-state index is 12.7. The smallest absolute Gasteiger partial charge is 0.273 e. The lowest BCUT2D eigenvalue weighted by Crippen LogP contribution is -2.38. The van der Waals surface area contributed by atoms with Gasteiger partial charge in [-0.2, -0.15) is 0 Å². The van der Waals surface area contributed by atoms with Gasteiger partial charge in [-0.25, -0.2) is 8.42 Å². The second-order valence-electron chi connectivity index (χ2n) is 9.86. The highest BCUT2D eigenvalue weighted by Crippen LogP contribution is 2.40. The van der Waals surface area contributed by atoms with Crippen LogP contribution >= 0.6 is 0 Å². The van der Waals surface area contributed by atoms with Crippen molar-refractivity contribution in [2.24, 2.45) is 5.92 Å². The summed E-state index contributed by atoms with van der Waals surface area (Å²) in [5.41, 5.74) is 1.04. The van der Waals surface area contributed by atoms with E-state index in [0.717, 1.165) is 23.5 Å². The van der Waals surface area contributed by atoms with Crippen LogP contribution in [-0.4, -0.2) is 60.3 Å². The number of hydrogen-bond acceptors (Lipinski definition) is 7. The topological polar surface area (TPSA) is 127 Å². The summed E-state index contributed by atoms with van der Waals surface area (Å²) in [5.74, 6) is 0.263. The number of amides is 3. The maximum Gasteiger partial charge on any atom is 0.273 e. The number of fused-ring (bicyclic) bond motifs is 1. The Morgan fingerprint density at radius 2 is 1.69 bits per heavy atom. The van der Waals surface area contributed by atoms with Crippen molar-refractivity contribution in [1.82, 2.24) is 15.4 Å². The first-order valence-corrected chi connectivity index (χ1v) is 14.1. The van der Waals surface area contributed by atoms with Crippen molar-refractivity contribution in [1.29, 1.82) is 0 Å². The minimum atomic E-state index is -3.32. The number of aromatic nitrogens is 1. The number of carbonyl (C=O) groups excluding carboxylic acids is 3. The molecule has 0 saturated heterocycles. The van der Waals surface area contributed by atoms with Gasteiger partial charge in [0.05, 0.1) is 22.6 Å². The van der Waals surface area contributed by atoms with Crippen LogP contribution in [0.5, 0.6) is 0 Å². The third-order valence-corrected chi connectivity index (χ3v) is 9.02. The molecule has 3 aliphatic rings. The van der Waals surface area contributed by atoms with E-state index in [1.807, 2.05) is 0 Å². The van der Waals surface area contributed by atoms with E-state index < -0.39 is 9.84 Å². The van der Waals surface area contributed by atoms with Gasteiger partial charge in [-0.15, -0.1) is 0 Å².